The number of carbonyl (C=O) groups excluding carboxylic acids is 1. The van der Waals surface area contributed by atoms with E-state index in [2.05, 4.69) is 4.18 Å². The van der Waals surface area contributed by atoms with E-state index in [0.29, 0.717) is 17.4 Å². The van der Waals surface area contributed by atoms with E-state index in [0.717, 1.165) is 11.1 Å². The van der Waals surface area contributed by atoms with E-state index in [1.807, 2.05) is 31.2 Å². The molecule has 3 aromatic carbocycles. The van der Waals surface area contributed by atoms with Crippen molar-refractivity contribution in [2.75, 3.05) is 0 Å². The van der Waals surface area contributed by atoms with Crippen LogP contribution in [-0.4, -0.2) is 19.7 Å². The summed E-state index contributed by atoms with van der Waals surface area (Å²) in [5.41, 5.74) is -2.81. The van der Waals surface area contributed by atoms with Gasteiger partial charge >= 0.3 is 15.6 Å². The van der Waals surface area contributed by atoms with Gasteiger partial charge < -0.3 is 4.18 Å². The lowest BCUT2D eigenvalue weighted by molar-refractivity contribution is -0.0499. The van der Waals surface area contributed by atoms with E-state index in [1.165, 1.54) is 6.07 Å². The Morgan fingerprint density at radius 2 is 1.53 bits per heavy atom. The third-order valence-corrected chi connectivity index (χ3v) is 6.15. The van der Waals surface area contributed by atoms with E-state index in [1.54, 1.807) is 18.2 Å². The molecule has 1 aliphatic carbocycles. The average molecular weight is 434 g/mol. The Labute approximate surface area is 171 Å². The summed E-state index contributed by atoms with van der Waals surface area (Å²) in [4.78, 5) is 12.9. The van der Waals surface area contributed by atoms with Gasteiger partial charge in [0, 0.05) is 28.5 Å². The monoisotopic (exact) mass is 434 g/mol. The largest absolute Gasteiger partial charge is 0.534 e. The number of rotatable bonds is 3. The zero-order valence-electron chi connectivity index (χ0n) is 15.9. The summed E-state index contributed by atoms with van der Waals surface area (Å²) in [6, 6.07) is 13.9. The van der Waals surface area contributed by atoms with Gasteiger partial charge in [-0.25, -0.2) is 0 Å². The van der Waals surface area contributed by atoms with Gasteiger partial charge in [0.1, 0.15) is 0 Å². The predicted octanol–water partition coefficient (Wildman–Crippen LogP) is 5.56. The maximum atomic E-state index is 13.0. The number of halogens is 3. The molecular formula is C22H17F3O4S. The minimum Gasteiger partial charge on any atom is -0.375 e. The highest BCUT2D eigenvalue weighted by Gasteiger charge is 2.49. The summed E-state index contributed by atoms with van der Waals surface area (Å²) in [6.45, 7) is 1.92. The zero-order chi connectivity index (χ0) is 21.7. The van der Waals surface area contributed by atoms with Crippen LogP contribution in [0, 0.1) is 6.92 Å². The second kappa shape index (κ2) is 7.12. The highest BCUT2D eigenvalue weighted by molar-refractivity contribution is 7.88. The van der Waals surface area contributed by atoms with Crippen LogP contribution in [0.25, 0.3) is 21.9 Å². The predicted molar refractivity (Wildman–Crippen MR) is 107 cm³/mol. The van der Waals surface area contributed by atoms with Gasteiger partial charge in [0.2, 0.25) is 0 Å². The van der Waals surface area contributed by atoms with Crippen LogP contribution in [-0.2, 0) is 16.5 Å². The number of hydrogen-bond donors (Lipinski definition) is 0. The molecule has 30 heavy (non-hydrogen) atoms. The Hall–Kier alpha value is -2.87. The molecule has 0 radical (unpaired) electrons. The Morgan fingerprint density at radius 3 is 2.17 bits per heavy atom. The quantitative estimate of drug-likeness (QED) is 0.400. The smallest absolute Gasteiger partial charge is 0.375 e. The van der Waals surface area contributed by atoms with Gasteiger partial charge in [-0.05, 0) is 30.7 Å². The molecule has 0 fully saturated rings. The molecule has 4 rings (SSSR count). The molecule has 8 heteroatoms. The number of fused-ring (bicyclic) bond motifs is 2. The molecule has 0 spiro atoms. The average Bonchev–Trinajstić information content (AvgIpc) is 2.68. The second-order valence-electron chi connectivity index (χ2n) is 7.23. The Kier molecular flexibility index (Phi) is 4.85. The summed E-state index contributed by atoms with van der Waals surface area (Å²) in [5, 5.41) is 0.678. The molecule has 0 aromatic heterocycles. The minimum absolute atomic E-state index is 0.202. The number of ketones is 1. The first-order valence-electron chi connectivity index (χ1n) is 9.29. The van der Waals surface area contributed by atoms with Crippen molar-refractivity contribution < 1.29 is 30.6 Å². The molecule has 0 aliphatic heterocycles. The fraction of sp³-hybridized carbons (Fsp3) is 0.227. The van der Waals surface area contributed by atoms with E-state index in [4.69, 9.17) is 0 Å². The van der Waals surface area contributed by atoms with Crippen molar-refractivity contribution in [3.05, 3.63) is 65.2 Å². The number of aryl methyl sites for hydroxylation is 1. The minimum atomic E-state index is -5.89. The summed E-state index contributed by atoms with van der Waals surface area (Å²) in [5.74, 6) is -0.659. The summed E-state index contributed by atoms with van der Waals surface area (Å²) in [7, 11) is -5.89. The molecule has 1 aliphatic rings. The normalized spacial score (nSPS) is 14.6. The van der Waals surface area contributed by atoms with E-state index >= 15 is 0 Å². The molecule has 0 N–H and O–H groups in total. The molecular weight excluding hydrogens is 417 g/mol. The fourth-order valence-corrected chi connectivity index (χ4v) is 4.33. The van der Waals surface area contributed by atoms with Crippen LogP contribution in [0.1, 0.15) is 34.3 Å². The van der Waals surface area contributed by atoms with Crippen LogP contribution in [0.15, 0.2) is 48.5 Å². The van der Waals surface area contributed by atoms with Crippen LogP contribution in [0.4, 0.5) is 13.2 Å². The lowest BCUT2D eigenvalue weighted by Gasteiger charge is -2.25. The van der Waals surface area contributed by atoms with Crippen LogP contribution in [0.3, 0.4) is 0 Å². The Balaban J connectivity index is 2.10. The first kappa shape index (κ1) is 20.4. The maximum absolute atomic E-state index is 13.0. The number of carbonyl (C=O) groups is 1. The maximum Gasteiger partial charge on any atom is 0.534 e. The first-order valence-corrected chi connectivity index (χ1v) is 10.7. The number of hydrogen-bond acceptors (Lipinski definition) is 4. The van der Waals surface area contributed by atoms with Gasteiger partial charge in [-0.3, -0.25) is 4.79 Å². The van der Waals surface area contributed by atoms with E-state index in [-0.39, 0.29) is 35.1 Å². The molecule has 0 heterocycles. The highest BCUT2D eigenvalue weighted by Crippen LogP contribution is 2.45. The molecule has 4 nitrogen and oxygen atoms in total. The van der Waals surface area contributed by atoms with E-state index < -0.39 is 21.4 Å². The topological polar surface area (TPSA) is 60.4 Å². The molecule has 0 saturated heterocycles. The molecule has 0 atom stereocenters. The lowest BCUT2D eigenvalue weighted by atomic mass is 9.81. The van der Waals surface area contributed by atoms with Crippen molar-refractivity contribution in [2.24, 2.45) is 0 Å². The molecule has 0 saturated carbocycles. The van der Waals surface area contributed by atoms with Gasteiger partial charge in [-0.15, -0.1) is 0 Å². The molecule has 0 bridgehead atoms. The van der Waals surface area contributed by atoms with Gasteiger partial charge in [0.15, 0.2) is 11.5 Å². The van der Waals surface area contributed by atoms with Crippen molar-refractivity contribution >= 4 is 26.7 Å². The van der Waals surface area contributed by atoms with Crippen molar-refractivity contribution in [2.45, 2.75) is 31.7 Å². The van der Waals surface area contributed by atoms with Gasteiger partial charge in [0.25, 0.3) is 0 Å². The van der Waals surface area contributed by atoms with Crippen LogP contribution in [0.2, 0.25) is 0 Å². The van der Waals surface area contributed by atoms with Gasteiger partial charge in [0.05, 0.1) is 0 Å². The number of alkyl halides is 3. The van der Waals surface area contributed by atoms with Crippen molar-refractivity contribution in [1.82, 2.24) is 0 Å². The standard InChI is InChI=1S/C22H17F3O4S/c1-13-9-11-14(12-10-13)19-15-5-2-3-6-16(15)21(29-30(27,28)22(23,24)25)17-7-4-8-18(26)20(17)19/h2-3,5-6,9-12H,4,7-8H2,1H3. The van der Waals surface area contributed by atoms with Crippen LogP contribution in [0.5, 0.6) is 5.75 Å². The Bertz CT molecular complexity index is 1260. The lowest BCUT2D eigenvalue weighted by Crippen LogP contribution is -2.29. The van der Waals surface area contributed by atoms with Crippen LogP contribution < -0.4 is 4.18 Å². The van der Waals surface area contributed by atoms with Gasteiger partial charge in [-0.1, -0.05) is 54.1 Å². The molecule has 156 valence electrons. The van der Waals surface area contributed by atoms with Gasteiger partial charge in [-0.2, -0.15) is 21.6 Å². The summed E-state index contributed by atoms with van der Waals surface area (Å²) in [6.07, 6.45) is 0.878. The third-order valence-electron chi connectivity index (χ3n) is 5.19. The molecule has 3 aromatic rings. The Morgan fingerprint density at radius 1 is 0.900 bits per heavy atom. The van der Waals surface area contributed by atoms with Crippen molar-refractivity contribution in [3.8, 4) is 16.9 Å². The van der Waals surface area contributed by atoms with Crippen molar-refractivity contribution in [3.63, 3.8) is 0 Å². The SMILES string of the molecule is Cc1ccc(-c2c3c(c(OS(=O)(=O)C(F)(F)F)c4ccccc24)CCCC3=O)cc1. The van der Waals surface area contributed by atoms with E-state index in [9.17, 15) is 26.4 Å². The highest BCUT2D eigenvalue weighted by atomic mass is 32.2. The molecule has 0 amide bonds. The number of benzene rings is 3. The first-order chi connectivity index (χ1) is 14.1. The summed E-state index contributed by atoms with van der Waals surface area (Å²) < 4.78 is 67.3. The molecule has 0 unspecified atom stereocenters. The fourth-order valence-electron chi connectivity index (χ4n) is 3.83. The van der Waals surface area contributed by atoms with Crippen molar-refractivity contribution in [1.29, 1.82) is 0 Å². The van der Waals surface area contributed by atoms with Crippen LogP contribution >= 0.6 is 0 Å². The third kappa shape index (κ3) is 3.35. The summed E-state index contributed by atoms with van der Waals surface area (Å²) >= 11 is 0. The number of Topliss-reactive ketones (excluding diaryl/α,β-unsaturated/α-hetero) is 1. The zero-order valence-corrected chi connectivity index (χ0v) is 16.7. The second-order valence-corrected chi connectivity index (χ2v) is 8.77.